The fourth-order valence-corrected chi connectivity index (χ4v) is 5.36. The average Bonchev–Trinajstić information content (AvgIpc) is 3.33. The van der Waals surface area contributed by atoms with Crippen molar-refractivity contribution < 1.29 is 14.1 Å². The number of carbonyl (C=O) groups excluding carboxylic acids is 1. The van der Waals surface area contributed by atoms with Gasteiger partial charge in [0.1, 0.15) is 5.82 Å². The zero-order valence-electron chi connectivity index (χ0n) is 22.9. The van der Waals surface area contributed by atoms with E-state index in [1.54, 1.807) is 24.3 Å². The molecule has 1 aromatic heterocycles. The van der Waals surface area contributed by atoms with Gasteiger partial charge in [0.2, 0.25) is 5.91 Å². The third-order valence-electron chi connectivity index (χ3n) is 7.43. The van der Waals surface area contributed by atoms with E-state index in [2.05, 4.69) is 17.4 Å². The zero-order chi connectivity index (χ0) is 28.8. The van der Waals surface area contributed by atoms with Gasteiger partial charge in [-0.3, -0.25) is 14.9 Å². The Morgan fingerprint density at radius 1 is 0.927 bits per heavy atom. The molecule has 0 bridgehead atoms. The van der Waals surface area contributed by atoms with Gasteiger partial charge in [0, 0.05) is 54.2 Å². The van der Waals surface area contributed by atoms with Gasteiger partial charge >= 0.3 is 0 Å². The highest BCUT2D eigenvalue weighted by atomic mass is 19.1. The first-order chi connectivity index (χ1) is 19.9. The number of hydrogen-bond donors (Lipinski definition) is 1. The number of amides is 1. The van der Waals surface area contributed by atoms with Gasteiger partial charge in [-0.05, 0) is 60.2 Å². The van der Waals surface area contributed by atoms with Crippen molar-refractivity contribution in [3.63, 3.8) is 0 Å². The molecule has 1 heterocycles. The largest absolute Gasteiger partial charge is 0.354 e. The first-order valence-corrected chi connectivity index (χ1v) is 13.8. The summed E-state index contributed by atoms with van der Waals surface area (Å²) in [6.07, 6.45) is 3.64. The van der Waals surface area contributed by atoms with Crippen molar-refractivity contribution in [3.05, 3.63) is 148 Å². The Balaban J connectivity index is 1.48. The van der Waals surface area contributed by atoms with Crippen molar-refractivity contribution in [2.75, 3.05) is 0 Å². The SMILES string of the molecule is C[C@H](CCc1ccccc1)NC(=O)C[C@H](c1cccc(F)c1)c1cn(Cc2ccccc2)c2ccc([N+](=O)[O-])cc12. The number of rotatable bonds is 11. The molecule has 0 saturated heterocycles. The van der Waals surface area contributed by atoms with E-state index in [-0.39, 0.29) is 24.1 Å². The number of nitrogens with zero attached hydrogens (tertiary/aromatic N) is 2. The van der Waals surface area contributed by atoms with Crippen molar-refractivity contribution in [2.45, 2.75) is 44.7 Å². The molecule has 0 fully saturated rings. The van der Waals surface area contributed by atoms with Crippen LogP contribution in [-0.2, 0) is 17.8 Å². The van der Waals surface area contributed by atoms with Crippen LogP contribution in [0, 0.1) is 15.9 Å². The molecule has 2 atom stereocenters. The van der Waals surface area contributed by atoms with E-state index < -0.39 is 16.7 Å². The molecule has 41 heavy (non-hydrogen) atoms. The van der Waals surface area contributed by atoms with Crippen LogP contribution in [0.4, 0.5) is 10.1 Å². The minimum absolute atomic E-state index is 0.0341. The molecule has 7 heteroatoms. The maximum absolute atomic E-state index is 14.4. The number of nitro groups is 1. The Morgan fingerprint density at radius 2 is 1.63 bits per heavy atom. The number of hydrogen-bond acceptors (Lipinski definition) is 3. The monoisotopic (exact) mass is 549 g/mol. The van der Waals surface area contributed by atoms with Crippen LogP contribution in [0.2, 0.25) is 0 Å². The predicted octanol–water partition coefficient (Wildman–Crippen LogP) is 7.40. The quantitative estimate of drug-likeness (QED) is 0.138. The smallest absolute Gasteiger partial charge is 0.270 e. The standard InChI is InChI=1S/C34H32FN3O3/c1-24(15-16-25-9-4-2-5-10-25)36-34(39)21-30(27-13-8-14-28(35)19-27)32-23-37(22-26-11-6-3-7-12-26)33-18-17-29(38(40)41)20-31(32)33/h2-14,17-20,23-24,30H,15-16,21-22H2,1H3,(H,36,39)/t24-,30-/m1/s1. The van der Waals surface area contributed by atoms with Crippen LogP contribution in [0.1, 0.15) is 47.9 Å². The molecule has 0 aliphatic rings. The molecule has 1 N–H and O–H groups in total. The lowest BCUT2D eigenvalue weighted by Crippen LogP contribution is -2.33. The number of non-ortho nitro benzene ring substituents is 1. The second kappa shape index (κ2) is 12.6. The highest BCUT2D eigenvalue weighted by Crippen LogP contribution is 2.37. The molecule has 0 unspecified atom stereocenters. The van der Waals surface area contributed by atoms with E-state index >= 15 is 0 Å². The molecule has 6 nitrogen and oxygen atoms in total. The van der Waals surface area contributed by atoms with E-state index in [9.17, 15) is 19.3 Å². The fourth-order valence-electron chi connectivity index (χ4n) is 5.36. The minimum Gasteiger partial charge on any atom is -0.354 e. The van der Waals surface area contributed by atoms with Crippen LogP contribution in [0.5, 0.6) is 0 Å². The van der Waals surface area contributed by atoms with Crippen molar-refractivity contribution in [1.29, 1.82) is 0 Å². The maximum Gasteiger partial charge on any atom is 0.270 e. The van der Waals surface area contributed by atoms with Crippen molar-refractivity contribution >= 4 is 22.5 Å². The summed E-state index contributed by atoms with van der Waals surface area (Å²) in [5.41, 5.74) is 4.45. The Morgan fingerprint density at radius 3 is 2.32 bits per heavy atom. The maximum atomic E-state index is 14.4. The van der Waals surface area contributed by atoms with Gasteiger partial charge in [0.15, 0.2) is 0 Å². The number of carbonyl (C=O) groups is 1. The van der Waals surface area contributed by atoms with E-state index in [0.717, 1.165) is 29.5 Å². The molecule has 208 valence electrons. The fraction of sp³-hybridized carbons (Fsp3) is 0.206. The van der Waals surface area contributed by atoms with Crippen LogP contribution >= 0.6 is 0 Å². The van der Waals surface area contributed by atoms with Crippen molar-refractivity contribution in [2.24, 2.45) is 0 Å². The summed E-state index contributed by atoms with van der Waals surface area (Å²) in [5, 5.41) is 15.5. The highest BCUT2D eigenvalue weighted by molar-refractivity contribution is 5.88. The van der Waals surface area contributed by atoms with E-state index in [1.807, 2.05) is 66.2 Å². The number of halogens is 1. The molecule has 5 rings (SSSR count). The van der Waals surface area contributed by atoms with E-state index in [1.165, 1.54) is 23.8 Å². The molecule has 5 aromatic rings. The molecule has 0 saturated carbocycles. The summed E-state index contributed by atoms with van der Waals surface area (Å²) >= 11 is 0. The molecule has 1 amide bonds. The van der Waals surface area contributed by atoms with Gasteiger partial charge in [-0.2, -0.15) is 0 Å². The third-order valence-corrected chi connectivity index (χ3v) is 7.43. The summed E-state index contributed by atoms with van der Waals surface area (Å²) in [5.74, 6) is -1.06. The summed E-state index contributed by atoms with van der Waals surface area (Å²) in [7, 11) is 0. The topological polar surface area (TPSA) is 77.2 Å². The normalized spacial score (nSPS) is 12.6. The first kappa shape index (κ1) is 27.8. The number of nitro benzene ring substituents is 1. The second-order valence-electron chi connectivity index (χ2n) is 10.5. The highest BCUT2D eigenvalue weighted by Gasteiger charge is 2.25. The third kappa shape index (κ3) is 6.87. The van der Waals surface area contributed by atoms with E-state index in [0.29, 0.717) is 17.5 Å². The summed E-state index contributed by atoms with van der Waals surface area (Å²) in [6.45, 7) is 2.53. The van der Waals surface area contributed by atoms with Crippen molar-refractivity contribution in [3.8, 4) is 0 Å². The molecular weight excluding hydrogens is 517 g/mol. The van der Waals surface area contributed by atoms with Gasteiger partial charge < -0.3 is 9.88 Å². The summed E-state index contributed by atoms with van der Waals surface area (Å²) in [4.78, 5) is 24.7. The lowest BCUT2D eigenvalue weighted by atomic mass is 9.87. The minimum atomic E-state index is -0.506. The molecule has 4 aromatic carbocycles. The van der Waals surface area contributed by atoms with Gasteiger partial charge in [0.05, 0.1) is 4.92 Å². The zero-order valence-corrected chi connectivity index (χ0v) is 22.9. The van der Waals surface area contributed by atoms with Gasteiger partial charge in [-0.15, -0.1) is 0 Å². The van der Waals surface area contributed by atoms with E-state index in [4.69, 9.17) is 0 Å². The Hall–Kier alpha value is -4.78. The first-order valence-electron chi connectivity index (χ1n) is 13.8. The van der Waals surface area contributed by atoms with Gasteiger partial charge in [-0.25, -0.2) is 4.39 Å². The summed E-state index contributed by atoms with van der Waals surface area (Å²) in [6, 6.07) is 31.0. The number of aryl methyl sites for hydroxylation is 1. The summed E-state index contributed by atoms with van der Waals surface area (Å²) < 4.78 is 16.5. The van der Waals surface area contributed by atoms with Crippen LogP contribution in [0.3, 0.4) is 0 Å². The van der Waals surface area contributed by atoms with Gasteiger partial charge in [-0.1, -0.05) is 72.8 Å². The number of nitrogens with one attached hydrogen (secondary N) is 1. The molecule has 0 spiro atoms. The van der Waals surface area contributed by atoms with Crippen LogP contribution in [0.15, 0.2) is 109 Å². The molecule has 0 aliphatic carbocycles. The van der Waals surface area contributed by atoms with Gasteiger partial charge in [0.25, 0.3) is 5.69 Å². The Labute approximate surface area is 238 Å². The Kier molecular flexibility index (Phi) is 8.53. The lowest BCUT2D eigenvalue weighted by molar-refractivity contribution is -0.384. The van der Waals surface area contributed by atoms with Crippen molar-refractivity contribution in [1.82, 2.24) is 9.88 Å². The van der Waals surface area contributed by atoms with Crippen LogP contribution < -0.4 is 5.32 Å². The second-order valence-corrected chi connectivity index (χ2v) is 10.5. The number of aromatic nitrogens is 1. The molecular formula is C34H32FN3O3. The lowest BCUT2D eigenvalue weighted by Gasteiger charge is -2.20. The van der Waals surface area contributed by atoms with Crippen LogP contribution in [0.25, 0.3) is 10.9 Å². The predicted molar refractivity (Wildman–Crippen MR) is 159 cm³/mol. The Bertz CT molecular complexity index is 1650. The van der Waals surface area contributed by atoms with Crippen LogP contribution in [-0.4, -0.2) is 21.4 Å². The molecule has 0 aliphatic heterocycles. The number of benzene rings is 4. The average molecular weight is 550 g/mol. The number of fused-ring (bicyclic) bond motifs is 1. The molecule has 0 radical (unpaired) electrons.